The lowest BCUT2D eigenvalue weighted by Crippen LogP contribution is -2.70. The summed E-state index contributed by atoms with van der Waals surface area (Å²) in [7, 11) is 1.55. The van der Waals surface area contributed by atoms with Gasteiger partial charge in [-0.25, -0.2) is 0 Å². The topological polar surface area (TPSA) is 213 Å². The molecule has 0 bridgehead atoms. The zero-order chi connectivity index (χ0) is 66.5. The largest absolute Gasteiger partial charge is 0.497 e. The van der Waals surface area contributed by atoms with Gasteiger partial charge in [-0.2, -0.15) is 0 Å². The van der Waals surface area contributed by atoms with Crippen LogP contribution in [0.5, 0.6) is 11.5 Å². The Morgan fingerprint density at radius 3 is 1.42 bits per heavy atom. The highest BCUT2D eigenvalue weighted by Crippen LogP contribution is 2.43. The number of carbonyl (C=O) groups excluding carboxylic acids is 3. The molecule has 0 aliphatic carbocycles. The molecule has 8 aromatic rings. The fourth-order valence-corrected chi connectivity index (χ4v) is 12.8. The third-order valence-electron chi connectivity index (χ3n) is 17.5. The summed E-state index contributed by atoms with van der Waals surface area (Å²) in [6.07, 6.45) is -19.4. The summed E-state index contributed by atoms with van der Waals surface area (Å²) < 4.78 is 102. The molecule has 20 nitrogen and oxygen atoms in total. The van der Waals surface area contributed by atoms with Crippen molar-refractivity contribution in [3.05, 3.63) is 275 Å². The van der Waals surface area contributed by atoms with E-state index in [0.717, 1.165) is 32.7 Å². The Bertz CT molecular complexity index is 3750. The van der Waals surface area contributed by atoms with Crippen LogP contribution in [0, 0.1) is 0 Å². The van der Waals surface area contributed by atoms with Gasteiger partial charge in [0.2, 0.25) is 6.29 Å². The van der Waals surface area contributed by atoms with Gasteiger partial charge in [-0.3, -0.25) is 19.3 Å². The molecule has 5 aliphatic rings. The van der Waals surface area contributed by atoms with E-state index in [0.29, 0.717) is 17.1 Å². The van der Waals surface area contributed by atoms with E-state index in [1.807, 2.05) is 182 Å². The molecule has 0 spiro atoms. The van der Waals surface area contributed by atoms with E-state index < -0.39 is 116 Å². The minimum atomic E-state index is -1.81. The lowest BCUT2D eigenvalue weighted by Gasteiger charge is -2.52. The first kappa shape index (κ1) is 67.0. The predicted molar refractivity (Wildman–Crippen MR) is 349 cm³/mol. The van der Waals surface area contributed by atoms with Crippen LogP contribution in [0.3, 0.4) is 0 Å². The number of nitrogens with zero attached hydrogens (tertiary/aromatic N) is 1. The molecule has 2 amide bonds. The molecule has 13 rings (SSSR count). The lowest BCUT2D eigenvalue weighted by molar-refractivity contribution is -0.406. The predicted octanol–water partition coefficient (Wildman–Crippen LogP) is 10.3. The van der Waals surface area contributed by atoms with Gasteiger partial charge in [-0.15, -0.1) is 0 Å². The van der Waals surface area contributed by atoms with E-state index in [-0.39, 0.29) is 64.0 Å². The van der Waals surface area contributed by atoms with Gasteiger partial charge in [0.25, 0.3) is 11.8 Å². The van der Waals surface area contributed by atoms with Crippen LogP contribution < -0.4 is 9.47 Å². The number of esters is 1. The fraction of sp³-hybridized carbons (Fsp3) is 0.338. The number of amides is 2. The van der Waals surface area contributed by atoms with Crippen molar-refractivity contribution in [1.29, 1.82) is 0 Å². The Balaban J connectivity index is 0.897. The van der Waals surface area contributed by atoms with Gasteiger partial charge in [-0.1, -0.05) is 194 Å². The molecule has 16 atom stereocenters. The SMILES string of the molecule is COc1ccc(O[C@@H]2O[C@H](COCc3ccccc3)[C@@H](O[C@@H]3O[C@@H]4CO[C@@H](c5ccccc5)O[C@H]4[C@H](O[C@H]4O[C@H](COCc5ccccc5)[C@@H](OCc5ccccc5)[C@H](OCc5ccccc5)[C@@H]4OC(C)=O)[C@@H]3O)[C@H](OCc3ccccc3)[C@H]2N2C(=O)c3ccccc3C2=O)cc1. The molecule has 1 N–H and O–H groups in total. The molecule has 8 aromatic carbocycles. The van der Waals surface area contributed by atoms with Crippen molar-refractivity contribution in [1.82, 2.24) is 4.90 Å². The molecule has 0 saturated carbocycles. The highest BCUT2D eigenvalue weighted by atomic mass is 16.8. The molecular formula is C77H77NO19. The van der Waals surface area contributed by atoms with Crippen molar-refractivity contribution < 1.29 is 90.5 Å². The Morgan fingerprint density at radius 1 is 0.464 bits per heavy atom. The molecule has 0 aromatic heterocycles. The standard InChI is InChI=1S/C77H77NO19/c1-49(79)90-71-70(88-45-54-31-17-7-18-32-54)65(86-43-52-27-13-5-14-28-52)60(46-84-41-50-23-9-3-10-24-50)94-77(71)97-69-64(80)76(93-62-48-89-74(95-67(62)69)55-33-19-8-20-34-55)96-66-61(47-85-42-51-25-11-4-12-26-51)92-75(91-57-39-37-56(83-2)38-40-57)63(68(66)87-44-53-29-15-6-16-30-53)78-72(81)58-35-21-22-36-59(58)73(78)82/h3-40,60-71,74-77,80H,41-48H2,1-2H3/t60-,61-,62-,63-,64+,65-,66-,67-,68-,69-,70+,71+,74-,75-,76+,77-/m1/s1. The van der Waals surface area contributed by atoms with Gasteiger partial charge in [0.1, 0.15) is 78.6 Å². The van der Waals surface area contributed by atoms with Crippen LogP contribution in [-0.4, -0.2) is 147 Å². The molecule has 97 heavy (non-hydrogen) atoms. The minimum absolute atomic E-state index is 0.0550. The highest BCUT2D eigenvalue weighted by Gasteiger charge is 2.60. The smallest absolute Gasteiger partial charge is 0.303 e. The minimum Gasteiger partial charge on any atom is -0.497 e. The quantitative estimate of drug-likeness (QED) is 0.0374. The van der Waals surface area contributed by atoms with Crippen LogP contribution in [-0.2, 0) is 99.4 Å². The maximum atomic E-state index is 15.1. The summed E-state index contributed by atoms with van der Waals surface area (Å²) in [6.45, 7) is 1.36. The zero-order valence-electron chi connectivity index (χ0n) is 53.6. The summed E-state index contributed by atoms with van der Waals surface area (Å²) in [5.74, 6) is -1.08. The summed E-state index contributed by atoms with van der Waals surface area (Å²) >= 11 is 0. The van der Waals surface area contributed by atoms with Crippen LogP contribution in [0.1, 0.15) is 67.3 Å². The average molecular weight is 1320 g/mol. The van der Waals surface area contributed by atoms with Gasteiger partial charge in [0, 0.05) is 12.5 Å². The number of rotatable bonds is 27. The number of imide groups is 1. The first-order valence-electron chi connectivity index (χ1n) is 32.5. The van der Waals surface area contributed by atoms with Crippen LogP contribution in [0.2, 0.25) is 0 Å². The lowest BCUT2D eigenvalue weighted by atomic mass is 9.93. The number of ether oxygens (including phenoxy) is 15. The third kappa shape index (κ3) is 16.2. The second-order valence-corrected chi connectivity index (χ2v) is 24.2. The number of hydrogen-bond donors (Lipinski definition) is 1. The number of methoxy groups -OCH3 is 1. The molecular weight excluding hydrogens is 1240 g/mol. The van der Waals surface area contributed by atoms with Crippen molar-refractivity contribution >= 4 is 17.8 Å². The van der Waals surface area contributed by atoms with Crippen molar-refractivity contribution in [3.8, 4) is 11.5 Å². The van der Waals surface area contributed by atoms with Crippen molar-refractivity contribution in [2.24, 2.45) is 0 Å². The van der Waals surface area contributed by atoms with Crippen molar-refractivity contribution in [3.63, 3.8) is 0 Å². The first-order chi connectivity index (χ1) is 47.6. The summed E-state index contributed by atoms with van der Waals surface area (Å²) in [4.78, 5) is 44.9. The van der Waals surface area contributed by atoms with Gasteiger partial charge < -0.3 is 76.2 Å². The fourth-order valence-electron chi connectivity index (χ4n) is 12.8. The first-order valence-corrected chi connectivity index (χ1v) is 32.5. The van der Waals surface area contributed by atoms with Gasteiger partial charge in [-0.05, 0) is 64.2 Å². The Kier molecular flexibility index (Phi) is 22.3. The van der Waals surface area contributed by atoms with E-state index in [9.17, 15) is 9.90 Å². The Morgan fingerprint density at radius 2 is 0.907 bits per heavy atom. The molecule has 504 valence electrons. The highest BCUT2D eigenvalue weighted by molar-refractivity contribution is 6.21. The third-order valence-corrected chi connectivity index (χ3v) is 17.5. The molecule has 5 heterocycles. The van der Waals surface area contributed by atoms with Crippen LogP contribution in [0.15, 0.2) is 231 Å². The molecule has 4 saturated heterocycles. The Labute approximate surface area is 562 Å². The summed E-state index contributed by atoms with van der Waals surface area (Å²) in [6, 6.07) is 69.0. The number of benzene rings is 8. The molecule has 0 radical (unpaired) electrons. The van der Waals surface area contributed by atoms with Crippen molar-refractivity contribution in [2.45, 2.75) is 138 Å². The van der Waals surface area contributed by atoms with E-state index >= 15 is 9.59 Å². The molecule has 0 unspecified atom stereocenters. The van der Waals surface area contributed by atoms with Gasteiger partial charge in [0.05, 0.1) is 71.1 Å². The van der Waals surface area contributed by atoms with Crippen molar-refractivity contribution in [2.75, 3.05) is 26.9 Å². The monoisotopic (exact) mass is 1320 g/mol. The molecule has 5 aliphatic heterocycles. The summed E-state index contributed by atoms with van der Waals surface area (Å²) in [5, 5.41) is 13.5. The second kappa shape index (κ2) is 32.2. The number of fused-ring (bicyclic) bond motifs is 2. The number of aliphatic hydroxyl groups is 1. The van der Waals surface area contributed by atoms with Gasteiger partial charge >= 0.3 is 5.97 Å². The van der Waals surface area contributed by atoms with Crippen LogP contribution >= 0.6 is 0 Å². The van der Waals surface area contributed by atoms with E-state index in [1.54, 1.807) is 55.6 Å². The van der Waals surface area contributed by atoms with E-state index in [1.165, 1.54) is 6.92 Å². The molecule has 4 fully saturated rings. The van der Waals surface area contributed by atoms with Crippen LogP contribution in [0.25, 0.3) is 0 Å². The number of hydrogen-bond acceptors (Lipinski definition) is 19. The van der Waals surface area contributed by atoms with Gasteiger partial charge in [0.15, 0.2) is 25.0 Å². The number of aliphatic hydroxyl groups excluding tert-OH is 1. The second-order valence-electron chi connectivity index (χ2n) is 24.2. The maximum Gasteiger partial charge on any atom is 0.303 e. The van der Waals surface area contributed by atoms with E-state index in [2.05, 4.69) is 0 Å². The zero-order valence-corrected chi connectivity index (χ0v) is 53.6. The Hall–Kier alpha value is -8.55. The number of carbonyl (C=O) groups is 3. The van der Waals surface area contributed by atoms with Crippen LogP contribution in [0.4, 0.5) is 0 Å². The average Bonchev–Trinajstić information content (AvgIpc) is 1.72. The van der Waals surface area contributed by atoms with E-state index in [4.69, 9.17) is 71.1 Å². The normalized spacial score (nSPS) is 27.7. The molecule has 20 heteroatoms. The maximum absolute atomic E-state index is 15.1. The summed E-state index contributed by atoms with van der Waals surface area (Å²) in [5.41, 5.74) is 5.18.